The first-order valence-electron chi connectivity index (χ1n) is 9.82. The second kappa shape index (κ2) is 7.98. The van der Waals surface area contributed by atoms with Crippen LogP contribution in [0.1, 0.15) is 23.2 Å². The average Bonchev–Trinajstić information content (AvgIpc) is 3.05. The van der Waals surface area contributed by atoms with Gasteiger partial charge in [-0.25, -0.2) is 4.79 Å². The number of benzene rings is 2. The molecule has 3 N–H and O–H groups in total. The molecule has 4 rings (SSSR count). The molecule has 0 aromatic heterocycles. The van der Waals surface area contributed by atoms with Crippen LogP contribution in [0.4, 0.5) is 4.79 Å². The van der Waals surface area contributed by atoms with Crippen LogP contribution in [0.15, 0.2) is 54.6 Å². The van der Waals surface area contributed by atoms with Gasteiger partial charge in [0.1, 0.15) is 5.54 Å². The Labute approximate surface area is 173 Å². The molecule has 5 amide bonds. The number of likely N-dealkylation sites (tertiary alicyclic amines) is 1. The summed E-state index contributed by atoms with van der Waals surface area (Å²) >= 11 is 0. The molecule has 8 nitrogen and oxygen atoms in total. The first-order valence-corrected chi connectivity index (χ1v) is 9.82. The Morgan fingerprint density at radius 3 is 2.17 bits per heavy atom. The minimum Gasteiger partial charge on any atom is -0.343 e. The van der Waals surface area contributed by atoms with E-state index in [4.69, 9.17) is 0 Å². The summed E-state index contributed by atoms with van der Waals surface area (Å²) in [7, 11) is 0. The van der Waals surface area contributed by atoms with E-state index >= 15 is 0 Å². The second-order valence-electron chi connectivity index (χ2n) is 7.50. The fourth-order valence-corrected chi connectivity index (χ4v) is 3.83. The van der Waals surface area contributed by atoms with E-state index in [0.717, 1.165) is 11.1 Å². The van der Waals surface area contributed by atoms with Gasteiger partial charge in [0.05, 0.1) is 6.54 Å². The zero-order valence-corrected chi connectivity index (χ0v) is 16.3. The molecule has 2 saturated heterocycles. The highest BCUT2D eigenvalue weighted by atomic mass is 16.2. The van der Waals surface area contributed by atoms with Crippen LogP contribution >= 0.6 is 0 Å². The number of rotatable bonds is 4. The summed E-state index contributed by atoms with van der Waals surface area (Å²) in [6.07, 6.45) is 0.705. The number of piperidine rings is 1. The minimum absolute atomic E-state index is 0.120. The molecular formula is C22H22N4O4. The first-order chi connectivity index (χ1) is 14.5. The Morgan fingerprint density at radius 2 is 1.57 bits per heavy atom. The number of carbonyl (C=O) groups is 4. The number of amides is 5. The molecule has 2 aromatic carbocycles. The van der Waals surface area contributed by atoms with Gasteiger partial charge < -0.3 is 15.5 Å². The smallest absolute Gasteiger partial charge is 0.322 e. The quantitative estimate of drug-likeness (QED) is 0.665. The third-order valence-corrected chi connectivity index (χ3v) is 5.64. The standard InChI is InChI=1S/C22H22N4O4/c27-18(26-12-10-22(11-13-26)20(29)24-21(30)25-22)14-23-19(28)17-8-6-16(7-9-17)15-4-2-1-3-5-15/h1-9H,10-14H2,(H,23,28)(H2,24,25,29,30). The summed E-state index contributed by atoms with van der Waals surface area (Å²) < 4.78 is 0. The predicted octanol–water partition coefficient (Wildman–Crippen LogP) is 1.28. The van der Waals surface area contributed by atoms with Crippen molar-refractivity contribution in [3.05, 3.63) is 60.2 Å². The number of imide groups is 1. The van der Waals surface area contributed by atoms with Gasteiger partial charge in [0.25, 0.3) is 11.8 Å². The lowest BCUT2D eigenvalue weighted by Crippen LogP contribution is -2.56. The van der Waals surface area contributed by atoms with Crippen LogP contribution < -0.4 is 16.0 Å². The molecule has 0 radical (unpaired) electrons. The van der Waals surface area contributed by atoms with Gasteiger partial charge in [0.2, 0.25) is 5.91 Å². The van der Waals surface area contributed by atoms with Crippen LogP contribution in [0.25, 0.3) is 11.1 Å². The fourth-order valence-electron chi connectivity index (χ4n) is 3.83. The highest BCUT2D eigenvalue weighted by Gasteiger charge is 2.48. The van der Waals surface area contributed by atoms with Gasteiger partial charge in [-0.2, -0.15) is 0 Å². The minimum atomic E-state index is -0.919. The maximum absolute atomic E-state index is 12.4. The lowest BCUT2D eigenvalue weighted by atomic mass is 9.88. The topological polar surface area (TPSA) is 108 Å². The van der Waals surface area contributed by atoms with Gasteiger partial charge in [-0.15, -0.1) is 0 Å². The predicted molar refractivity (Wildman–Crippen MR) is 109 cm³/mol. The molecule has 0 aliphatic carbocycles. The summed E-state index contributed by atoms with van der Waals surface area (Å²) in [5, 5.41) is 7.56. The number of nitrogens with one attached hydrogen (secondary N) is 3. The second-order valence-corrected chi connectivity index (χ2v) is 7.50. The van der Waals surface area contributed by atoms with Crippen molar-refractivity contribution in [3.63, 3.8) is 0 Å². The molecule has 0 atom stereocenters. The van der Waals surface area contributed by atoms with Crippen molar-refractivity contribution in [2.24, 2.45) is 0 Å². The molecule has 1 spiro atoms. The molecule has 0 bridgehead atoms. The average molecular weight is 406 g/mol. The molecule has 2 heterocycles. The molecular weight excluding hydrogens is 384 g/mol. The Morgan fingerprint density at radius 1 is 0.933 bits per heavy atom. The molecule has 2 fully saturated rings. The lowest BCUT2D eigenvalue weighted by Gasteiger charge is -2.37. The van der Waals surface area contributed by atoms with Crippen LogP contribution in [-0.4, -0.2) is 53.8 Å². The SMILES string of the molecule is O=C1NC(=O)C2(CCN(C(=O)CNC(=O)c3ccc(-c4ccccc4)cc3)CC2)N1. The molecule has 2 aliphatic rings. The third kappa shape index (κ3) is 3.89. The summed E-state index contributed by atoms with van der Waals surface area (Å²) in [6.45, 7) is 0.563. The summed E-state index contributed by atoms with van der Waals surface area (Å²) in [5.41, 5.74) is 1.63. The van der Waals surface area contributed by atoms with Crippen LogP contribution in [0.3, 0.4) is 0 Å². The van der Waals surface area contributed by atoms with Gasteiger partial charge in [0, 0.05) is 18.7 Å². The monoisotopic (exact) mass is 406 g/mol. The van der Waals surface area contributed by atoms with Crippen molar-refractivity contribution in [1.29, 1.82) is 0 Å². The van der Waals surface area contributed by atoms with E-state index < -0.39 is 11.6 Å². The van der Waals surface area contributed by atoms with E-state index in [2.05, 4.69) is 16.0 Å². The van der Waals surface area contributed by atoms with E-state index in [0.29, 0.717) is 31.5 Å². The Balaban J connectivity index is 1.28. The van der Waals surface area contributed by atoms with Gasteiger partial charge >= 0.3 is 6.03 Å². The molecule has 0 saturated carbocycles. The summed E-state index contributed by atoms with van der Waals surface area (Å²) in [5.74, 6) is -0.880. The largest absolute Gasteiger partial charge is 0.343 e. The molecule has 0 unspecified atom stereocenters. The molecule has 30 heavy (non-hydrogen) atoms. The van der Waals surface area contributed by atoms with Crippen LogP contribution in [0, 0.1) is 0 Å². The Hall–Kier alpha value is -3.68. The van der Waals surface area contributed by atoms with Crippen molar-refractivity contribution >= 4 is 23.8 Å². The van der Waals surface area contributed by atoms with Crippen molar-refractivity contribution < 1.29 is 19.2 Å². The maximum atomic E-state index is 12.4. The maximum Gasteiger partial charge on any atom is 0.322 e. The van der Waals surface area contributed by atoms with Gasteiger partial charge in [-0.1, -0.05) is 42.5 Å². The molecule has 2 aromatic rings. The van der Waals surface area contributed by atoms with E-state index in [1.165, 1.54) is 0 Å². The number of carbonyl (C=O) groups excluding carboxylic acids is 4. The zero-order chi connectivity index (χ0) is 21.1. The summed E-state index contributed by atoms with van der Waals surface area (Å²) in [4.78, 5) is 49.8. The zero-order valence-electron chi connectivity index (χ0n) is 16.3. The number of nitrogens with zero attached hydrogens (tertiary/aromatic N) is 1. The van der Waals surface area contributed by atoms with Gasteiger partial charge in [0.15, 0.2) is 0 Å². The first kappa shape index (κ1) is 19.6. The van der Waals surface area contributed by atoms with Crippen molar-refractivity contribution in [2.75, 3.05) is 19.6 Å². The normalized spacial score (nSPS) is 17.4. The summed E-state index contributed by atoms with van der Waals surface area (Å²) in [6, 6.07) is 16.6. The van der Waals surface area contributed by atoms with E-state index in [1.54, 1.807) is 17.0 Å². The van der Waals surface area contributed by atoms with Gasteiger partial charge in [-0.3, -0.25) is 19.7 Å². The van der Waals surface area contributed by atoms with Crippen LogP contribution in [0.2, 0.25) is 0 Å². The fraction of sp³-hybridized carbons (Fsp3) is 0.273. The van der Waals surface area contributed by atoms with E-state index in [-0.39, 0.29) is 24.3 Å². The van der Waals surface area contributed by atoms with E-state index in [1.807, 2.05) is 42.5 Å². The molecule has 2 aliphatic heterocycles. The Bertz CT molecular complexity index is 980. The van der Waals surface area contributed by atoms with Gasteiger partial charge in [-0.05, 0) is 36.1 Å². The highest BCUT2D eigenvalue weighted by Crippen LogP contribution is 2.25. The van der Waals surface area contributed by atoms with Crippen molar-refractivity contribution in [3.8, 4) is 11.1 Å². The number of hydrogen-bond acceptors (Lipinski definition) is 4. The third-order valence-electron chi connectivity index (χ3n) is 5.64. The number of hydrogen-bond donors (Lipinski definition) is 3. The van der Waals surface area contributed by atoms with Crippen LogP contribution in [0.5, 0.6) is 0 Å². The van der Waals surface area contributed by atoms with Crippen LogP contribution in [-0.2, 0) is 9.59 Å². The number of urea groups is 1. The molecule has 8 heteroatoms. The molecule has 154 valence electrons. The van der Waals surface area contributed by atoms with Crippen molar-refractivity contribution in [1.82, 2.24) is 20.9 Å². The van der Waals surface area contributed by atoms with E-state index in [9.17, 15) is 19.2 Å². The van der Waals surface area contributed by atoms with Crippen molar-refractivity contribution in [2.45, 2.75) is 18.4 Å². The highest BCUT2D eigenvalue weighted by molar-refractivity contribution is 6.07. The lowest BCUT2D eigenvalue weighted by molar-refractivity contribution is -0.134. The Kier molecular flexibility index (Phi) is 5.22.